The van der Waals surface area contributed by atoms with Crippen LogP contribution in [0.2, 0.25) is 0 Å². The Balaban J connectivity index is 4.33. The number of allylic oxidation sites excluding steroid dienone is 16. The molecule has 0 aliphatic heterocycles. The number of esters is 3. The molecule has 0 spiro atoms. The third-order valence-electron chi connectivity index (χ3n) is 15.5. The summed E-state index contributed by atoms with van der Waals surface area (Å²) in [6.45, 7) is 6.52. The molecule has 0 amide bonds. The fraction of sp³-hybridized carbons (Fsp3) is 0.753. The van der Waals surface area contributed by atoms with Crippen LogP contribution in [0.1, 0.15) is 355 Å². The smallest absolute Gasteiger partial charge is 0.306 e. The summed E-state index contributed by atoms with van der Waals surface area (Å²) in [7, 11) is 0. The quantitative estimate of drug-likeness (QED) is 0.0261. The highest BCUT2D eigenvalue weighted by atomic mass is 16.6. The minimum atomic E-state index is -0.788. The highest BCUT2D eigenvalue weighted by Gasteiger charge is 2.19. The highest BCUT2D eigenvalue weighted by molar-refractivity contribution is 5.71. The van der Waals surface area contributed by atoms with Crippen molar-refractivity contribution in [3.05, 3.63) is 97.2 Å². The number of carbonyl (C=O) groups is 3. The molecule has 0 radical (unpaired) electrons. The first-order valence-electron chi connectivity index (χ1n) is 35.7. The van der Waals surface area contributed by atoms with Crippen LogP contribution in [0.25, 0.3) is 0 Å². The van der Waals surface area contributed by atoms with E-state index in [0.29, 0.717) is 19.3 Å². The summed E-state index contributed by atoms with van der Waals surface area (Å²) in [4.78, 5) is 38.5. The summed E-state index contributed by atoms with van der Waals surface area (Å²) in [5.41, 5.74) is 0. The third kappa shape index (κ3) is 69.0. The predicted molar refractivity (Wildman–Crippen MR) is 362 cm³/mol. The molecule has 0 heterocycles. The van der Waals surface area contributed by atoms with Gasteiger partial charge in [0.05, 0.1) is 0 Å². The van der Waals surface area contributed by atoms with E-state index < -0.39 is 6.10 Å². The Hall–Kier alpha value is -3.67. The fourth-order valence-corrected chi connectivity index (χ4v) is 10.2. The van der Waals surface area contributed by atoms with E-state index in [4.69, 9.17) is 14.2 Å². The molecule has 0 N–H and O–H groups in total. The second-order valence-electron chi connectivity index (χ2n) is 23.8. The van der Waals surface area contributed by atoms with Crippen LogP contribution in [0.15, 0.2) is 97.2 Å². The molecule has 478 valence electrons. The van der Waals surface area contributed by atoms with Gasteiger partial charge in [-0.3, -0.25) is 14.4 Å². The third-order valence-corrected chi connectivity index (χ3v) is 15.5. The van der Waals surface area contributed by atoms with Crippen LogP contribution in [0.4, 0.5) is 0 Å². The van der Waals surface area contributed by atoms with Crippen LogP contribution in [0.5, 0.6) is 0 Å². The van der Waals surface area contributed by atoms with Crippen molar-refractivity contribution in [3.8, 4) is 0 Å². The van der Waals surface area contributed by atoms with Crippen LogP contribution < -0.4 is 0 Å². The molecule has 0 rings (SSSR count). The van der Waals surface area contributed by atoms with Gasteiger partial charge in [0.25, 0.3) is 0 Å². The lowest BCUT2D eigenvalue weighted by Gasteiger charge is -2.18. The summed E-state index contributed by atoms with van der Waals surface area (Å²) < 4.78 is 17.0. The molecule has 0 aromatic heterocycles. The van der Waals surface area contributed by atoms with Gasteiger partial charge in [-0.15, -0.1) is 0 Å². The van der Waals surface area contributed by atoms with Gasteiger partial charge in [-0.05, 0) is 122 Å². The monoisotopic (exact) mass is 1160 g/mol. The SMILES string of the molecule is CC/C=C\C/C=C\C/C=C\C/C=C\CCCCCCCCCCC(=O)OC(COC(=O)CCCCCCCCC/C=C\C/C=C\CCCCC)COC(=O)CCCCCCCCCCCCCCCCC/C=C\C/C=C\CCCCCCC. The summed E-state index contributed by atoms with van der Waals surface area (Å²) >= 11 is 0. The van der Waals surface area contributed by atoms with Gasteiger partial charge in [-0.2, -0.15) is 0 Å². The summed E-state index contributed by atoms with van der Waals surface area (Å²) in [6.07, 6.45) is 95.7. The van der Waals surface area contributed by atoms with Crippen molar-refractivity contribution < 1.29 is 28.6 Å². The number of carbonyl (C=O) groups excluding carboxylic acids is 3. The Morgan fingerprint density at radius 3 is 0.759 bits per heavy atom. The Kier molecular flexibility index (Phi) is 67.7. The average molecular weight is 1160 g/mol. The van der Waals surface area contributed by atoms with E-state index >= 15 is 0 Å². The van der Waals surface area contributed by atoms with Crippen LogP contribution in [-0.2, 0) is 28.6 Å². The Morgan fingerprint density at radius 1 is 0.253 bits per heavy atom. The van der Waals surface area contributed by atoms with Gasteiger partial charge >= 0.3 is 17.9 Å². The Bertz CT molecular complexity index is 1610. The summed E-state index contributed by atoms with van der Waals surface area (Å²) in [5.74, 6) is -0.881. The second kappa shape index (κ2) is 70.8. The largest absolute Gasteiger partial charge is 0.462 e. The van der Waals surface area contributed by atoms with E-state index in [9.17, 15) is 14.4 Å². The number of ether oxygens (including phenoxy) is 3. The molecule has 0 aliphatic rings. The summed E-state index contributed by atoms with van der Waals surface area (Å²) in [5, 5.41) is 0. The van der Waals surface area contributed by atoms with Gasteiger partial charge in [-0.1, -0.05) is 311 Å². The maximum absolute atomic E-state index is 13.0. The first kappa shape index (κ1) is 79.3. The van der Waals surface area contributed by atoms with Gasteiger partial charge in [0.2, 0.25) is 0 Å². The molecule has 0 bridgehead atoms. The Labute approximate surface area is 515 Å². The lowest BCUT2D eigenvalue weighted by molar-refractivity contribution is -0.167. The molecule has 0 aromatic carbocycles. The van der Waals surface area contributed by atoms with Crippen molar-refractivity contribution in [2.75, 3.05) is 13.2 Å². The molecule has 1 atom stereocenters. The van der Waals surface area contributed by atoms with E-state index in [0.717, 1.165) is 109 Å². The van der Waals surface area contributed by atoms with Crippen LogP contribution >= 0.6 is 0 Å². The van der Waals surface area contributed by atoms with Crippen molar-refractivity contribution in [1.29, 1.82) is 0 Å². The van der Waals surface area contributed by atoms with Gasteiger partial charge in [-0.25, -0.2) is 0 Å². The molecule has 6 heteroatoms. The van der Waals surface area contributed by atoms with Crippen LogP contribution in [0, 0.1) is 0 Å². The molecule has 1 unspecified atom stereocenters. The molecule has 0 fully saturated rings. The molecule has 6 nitrogen and oxygen atoms in total. The molecule has 0 aromatic rings. The first-order valence-corrected chi connectivity index (χ1v) is 35.7. The number of hydrogen-bond acceptors (Lipinski definition) is 6. The van der Waals surface area contributed by atoms with Crippen molar-refractivity contribution >= 4 is 17.9 Å². The zero-order valence-electron chi connectivity index (χ0n) is 54.9. The van der Waals surface area contributed by atoms with Gasteiger partial charge in [0, 0.05) is 19.3 Å². The van der Waals surface area contributed by atoms with Crippen molar-refractivity contribution in [1.82, 2.24) is 0 Å². The molecule has 83 heavy (non-hydrogen) atoms. The lowest BCUT2D eigenvalue weighted by atomic mass is 10.0. The number of unbranched alkanes of at least 4 members (excludes halogenated alkanes) is 38. The van der Waals surface area contributed by atoms with E-state index in [1.54, 1.807) is 0 Å². The molecular weight excluding hydrogens is 1020 g/mol. The van der Waals surface area contributed by atoms with E-state index in [1.165, 1.54) is 205 Å². The van der Waals surface area contributed by atoms with Crippen molar-refractivity contribution in [2.45, 2.75) is 361 Å². The van der Waals surface area contributed by atoms with Gasteiger partial charge in [0.15, 0.2) is 6.10 Å². The first-order chi connectivity index (χ1) is 41.0. The van der Waals surface area contributed by atoms with Crippen LogP contribution in [-0.4, -0.2) is 37.2 Å². The maximum Gasteiger partial charge on any atom is 0.306 e. The minimum absolute atomic E-state index is 0.0816. The highest BCUT2D eigenvalue weighted by Crippen LogP contribution is 2.17. The molecule has 0 aliphatic carbocycles. The zero-order valence-corrected chi connectivity index (χ0v) is 54.9. The van der Waals surface area contributed by atoms with E-state index in [2.05, 4.69) is 118 Å². The van der Waals surface area contributed by atoms with Crippen molar-refractivity contribution in [2.24, 2.45) is 0 Å². The number of rotatable bonds is 65. The second-order valence-corrected chi connectivity index (χ2v) is 23.8. The number of hydrogen-bond donors (Lipinski definition) is 0. The normalized spacial score (nSPS) is 12.7. The predicted octanol–water partition coefficient (Wildman–Crippen LogP) is 24.8. The topological polar surface area (TPSA) is 78.9 Å². The van der Waals surface area contributed by atoms with Crippen molar-refractivity contribution in [3.63, 3.8) is 0 Å². The molecule has 0 saturated heterocycles. The Morgan fingerprint density at radius 2 is 0.470 bits per heavy atom. The van der Waals surface area contributed by atoms with E-state index in [1.807, 2.05) is 0 Å². The summed E-state index contributed by atoms with van der Waals surface area (Å²) in [6, 6.07) is 0. The maximum atomic E-state index is 13.0. The zero-order chi connectivity index (χ0) is 59.9. The van der Waals surface area contributed by atoms with Gasteiger partial charge in [0.1, 0.15) is 13.2 Å². The molecular formula is C77H134O6. The van der Waals surface area contributed by atoms with Crippen LogP contribution in [0.3, 0.4) is 0 Å². The standard InChI is InChI=1S/C77H134O6/c1-4-7-10-13-16-19-22-25-28-31-33-35-36-37-38-39-40-42-43-46-49-52-55-58-61-64-67-70-76(79)82-73-74(72-81-75(78)69-66-63-60-57-54-51-48-45-30-27-24-21-18-15-12-9-6-3)83-77(80)71-68-65-62-59-56-53-50-47-44-41-34-32-29-26-23-20-17-14-11-8-5-2/h8,11,17-18,20-22,25-27,29-31,33-34,41,74H,4-7,9-10,12-16,19,23-24,28,32,35-40,42-73H2,1-3H3/b11-8-,20-17-,21-18-,25-22-,29-26-,30-27-,33-31-,41-34-. The fourth-order valence-electron chi connectivity index (χ4n) is 10.2. The minimum Gasteiger partial charge on any atom is -0.462 e. The van der Waals surface area contributed by atoms with E-state index in [-0.39, 0.29) is 31.1 Å². The average Bonchev–Trinajstić information content (AvgIpc) is 3.50. The lowest BCUT2D eigenvalue weighted by Crippen LogP contribution is -2.30. The molecule has 0 saturated carbocycles. The van der Waals surface area contributed by atoms with Gasteiger partial charge < -0.3 is 14.2 Å².